The van der Waals surface area contributed by atoms with Gasteiger partial charge in [-0.1, -0.05) is 0 Å². The van der Waals surface area contributed by atoms with Crippen LogP contribution in [0.5, 0.6) is 0 Å². The van der Waals surface area contributed by atoms with E-state index in [0.29, 0.717) is 6.54 Å². The van der Waals surface area contributed by atoms with Crippen molar-refractivity contribution in [3.63, 3.8) is 0 Å². The van der Waals surface area contributed by atoms with Crippen LogP contribution in [-0.2, 0) is 11.3 Å². The Bertz CT molecular complexity index is 402. The Morgan fingerprint density at radius 1 is 1.62 bits per heavy atom. The first kappa shape index (κ1) is 11.1. The number of aromatic nitrogens is 1. The standard InChI is InChI=1S/C11H14F2N2O/c1-10(7-11(10,12)13)9(16)15(2)6-8-4-3-5-14-8/h3-5,14H,6-7H2,1-2H3. The van der Waals surface area contributed by atoms with E-state index < -0.39 is 17.2 Å². The van der Waals surface area contributed by atoms with Gasteiger partial charge in [-0.25, -0.2) is 8.78 Å². The van der Waals surface area contributed by atoms with E-state index in [-0.39, 0.29) is 6.42 Å². The van der Waals surface area contributed by atoms with Crippen LogP contribution in [0, 0.1) is 5.41 Å². The largest absolute Gasteiger partial charge is 0.364 e. The number of carbonyl (C=O) groups excluding carboxylic acids is 1. The Morgan fingerprint density at radius 3 is 2.69 bits per heavy atom. The minimum absolute atomic E-state index is 0.331. The van der Waals surface area contributed by atoms with E-state index >= 15 is 0 Å². The fraction of sp³-hybridized carbons (Fsp3) is 0.545. The summed E-state index contributed by atoms with van der Waals surface area (Å²) >= 11 is 0. The highest BCUT2D eigenvalue weighted by Gasteiger charge is 2.73. The quantitative estimate of drug-likeness (QED) is 0.844. The Labute approximate surface area is 92.4 Å². The smallest absolute Gasteiger partial charge is 0.263 e. The molecule has 1 aromatic rings. The molecular formula is C11H14F2N2O. The fourth-order valence-corrected chi connectivity index (χ4v) is 1.85. The van der Waals surface area contributed by atoms with Crippen molar-refractivity contribution < 1.29 is 13.6 Å². The van der Waals surface area contributed by atoms with E-state index in [0.717, 1.165) is 5.69 Å². The normalized spacial score (nSPS) is 26.5. The molecule has 0 radical (unpaired) electrons. The Morgan fingerprint density at radius 2 is 2.25 bits per heavy atom. The van der Waals surface area contributed by atoms with Crippen LogP contribution in [0.25, 0.3) is 0 Å². The molecule has 2 rings (SSSR count). The van der Waals surface area contributed by atoms with Gasteiger partial charge in [-0.05, 0) is 19.1 Å². The Kier molecular flexibility index (Phi) is 2.29. The Balaban J connectivity index is 2.01. The van der Waals surface area contributed by atoms with Gasteiger partial charge >= 0.3 is 0 Å². The summed E-state index contributed by atoms with van der Waals surface area (Å²) in [4.78, 5) is 16.1. The highest BCUT2D eigenvalue weighted by molar-refractivity contribution is 5.86. The average molecular weight is 228 g/mol. The monoisotopic (exact) mass is 228 g/mol. The van der Waals surface area contributed by atoms with Crippen molar-refractivity contribution in [1.29, 1.82) is 0 Å². The number of alkyl halides is 2. The molecule has 5 heteroatoms. The first-order chi connectivity index (χ1) is 7.37. The van der Waals surface area contributed by atoms with Crippen molar-refractivity contribution in [2.24, 2.45) is 5.41 Å². The van der Waals surface area contributed by atoms with Crippen LogP contribution in [0.3, 0.4) is 0 Å². The molecule has 0 saturated heterocycles. The molecule has 0 spiro atoms. The van der Waals surface area contributed by atoms with Gasteiger partial charge in [0, 0.05) is 25.4 Å². The molecule has 1 heterocycles. The number of nitrogens with zero attached hydrogens (tertiary/aromatic N) is 1. The fourth-order valence-electron chi connectivity index (χ4n) is 1.85. The lowest BCUT2D eigenvalue weighted by molar-refractivity contribution is -0.139. The van der Waals surface area contributed by atoms with E-state index in [4.69, 9.17) is 0 Å². The van der Waals surface area contributed by atoms with Crippen LogP contribution in [0.4, 0.5) is 8.78 Å². The van der Waals surface area contributed by atoms with Gasteiger partial charge in [0.2, 0.25) is 5.91 Å². The second-order valence-corrected chi connectivity index (χ2v) is 4.57. The molecule has 0 aromatic carbocycles. The van der Waals surface area contributed by atoms with Gasteiger partial charge in [0.05, 0.1) is 6.54 Å². The van der Waals surface area contributed by atoms with Crippen LogP contribution in [-0.4, -0.2) is 28.8 Å². The predicted molar refractivity (Wildman–Crippen MR) is 54.9 cm³/mol. The first-order valence-corrected chi connectivity index (χ1v) is 5.12. The van der Waals surface area contributed by atoms with Crippen molar-refractivity contribution in [3.8, 4) is 0 Å². The van der Waals surface area contributed by atoms with Crippen molar-refractivity contribution in [1.82, 2.24) is 9.88 Å². The Hall–Kier alpha value is -1.39. The highest BCUT2D eigenvalue weighted by Crippen LogP contribution is 2.61. The lowest BCUT2D eigenvalue weighted by Gasteiger charge is -2.20. The van der Waals surface area contributed by atoms with Gasteiger partial charge in [-0.15, -0.1) is 0 Å². The number of rotatable bonds is 3. The van der Waals surface area contributed by atoms with Gasteiger partial charge in [0.25, 0.3) is 5.92 Å². The minimum atomic E-state index is -2.84. The van der Waals surface area contributed by atoms with E-state index in [1.54, 1.807) is 19.3 Å². The molecule has 1 aliphatic carbocycles. The number of carbonyl (C=O) groups is 1. The minimum Gasteiger partial charge on any atom is -0.364 e. The summed E-state index contributed by atoms with van der Waals surface area (Å²) in [5.74, 6) is -3.33. The van der Waals surface area contributed by atoms with Gasteiger partial charge in [-0.2, -0.15) is 0 Å². The first-order valence-electron chi connectivity index (χ1n) is 5.12. The molecule has 1 amide bonds. The molecule has 1 aliphatic rings. The van der Waals surface area contributed by atoms with E-state index in [1.165, 1.54) is 11.8 Å². The second-order valence-electron chi connectivity index (χ2n) is 4.57. The van der Waals surface area contributed by atoms with E-state index in [1.807, 2.05) is 6.07 Å². The zero-order valence-corrected chi connectivity index (χ0v) is 9.26. The van der Waals surface area contributed by atoms with Crippen molar-refractivity contribution >= 4 is 5.91 Å². The molecule has 1 fully saturated rings. The molecule has 16 heavy (non-hydrogen) atoms. The van der Waals surface area contributed by atoms with Gasteiger partial charge < -0.3 is 9.88 Å². The lowest BCUT2D eigenvalue weighted by Crippen LogP contribution is -2.35. The summed E-state index contributed by atoms with van der Waals surface area (Å²) in [6.07, 6.45) is 1.40. The summed E-state index contributed by atoms with van der Waals surface area (Å²) in [5, 5.41) is 0. The molecule has 1 atom stereocenters. The number of hydrogen-bond acceptors (Lipinski definition) is 1. The summed E-state index contributed by atoms with van der Waals surface area (Å²) < 4.78 is 26.0. The number of aromatic amines is 1. The maximum Gasteiger partial charge on any atom is 0.263 e. The maximum atomic E-state index is 13.0. The van der Waals surface area contributed by atoms with Crippen LogP contribution in [0.2, 0.25) is 0 Å². The molecule has 0 bridgehead atoms. The van der Waals surface area contributed by atoms with Crippen molar-refractivity contribution in [3.05, 3.63) is 24.0 Å². The topological polar surface area (TPSA) is 36.1 Å². The third kappa shape index (κ3) is 1.60. The van der Waals surface area contributed by atoms with E-state index in [9.17, 15) is 13.6 Å². The maximum absolute atomic E-state index is 13.0. The van der Waals surface area contributed by atoms with Crippen LogP contribution in [0.1, 0.15) is 19.0 Å². The number of H-pyrrole nitrogens is 1. The molecular weight excluding hydrogens is 214 g/mol. The summed E-state index contributed by atoms with van der Waals surface area (Å²) in [6.45, 7) is 1.65. The van der Waals surface area contributed by atoms with Crippen LogP contribution >= 0.6 is 0 Å². The summed E-state index contributed by atoms with van der Waals surface area (Å²) in [6, 6.07) is 3.62. The third-order valence-corrected chi connectivity index (χ3v) is 3.15. The van der Waals surface area contributed by atoms with Gasteiger partial charge in [0.1, 0.15) is 5.41 Å². The molecule has 1 saturated carbocycles. The SMILES string of the molecule is CN(Cc1ccc[nH]1)C(=O)C1(C)CC1(F)F. The predicted octanol–water partition coefficient (Wildman–Crippen LogP) is 2.02. The molecule has 1 aromatic heterocycles. The van der Waals surface area contributed by atoms with Crippen molar-refractivity contribution in [2.75, 3.05) is 7.05 Å². The molecule has 1 N–H and O–H groups in total. The van der Waals surface area contributed by atoms with E-state index in [2.05, 4.69) is 4.98 Å². The van der Waals surface area contributed by atoms with Crippen molar-refractivity contribution in [2.45, 2.75) is 25.8 Å². The average Bonchev–Trinajstić information content (AvgIpc) is 2.61. The zero-order valence-electron chi connectivity index (χ0n) is 9.26. The summed E-state index contributed by atoms with van der Waals surface area (Å²) in [5.41, 5.74) is -0.655. The molecule has 0 aliphatic heterocycles. The zero-order chi connectivity index (χ0) is 12.0. The number of halogens is 2. The van der Waals surface area contributed by atoms with Gasteiger partial charge in [0.15, 0.2) is 0 Å². The van der Waals surface area contributed by atoms with Crippen LogP contribution in [0.15, 0.2) is 18.3 Å². The molecule has 3 nitrogen and oxygen atoms in total. The third-order valence-electron chi connectivity index (χ3n) is 3.15. The number of nitrogens with one attached hydrogen (secondary N) is 1. The van der Waals surface area contributed by atoms with Crippen LogP contribution < -0.4 is 0 Å². The van der Waals surface area contributed by atoms with Gasteiger partial charge in [-0.3, -0.25) is 4.79 Å². The molecule has 1 unspecified atom stereocenters. The molecule has 88 valence electrons. The second kappa shape index (κ2) is 3.30. The lowest BCUT2D eigenvalue weighted by atomic mass is 10.1. The summed E-state index contributed by atoms with van der Waals surface area (Å²) in [7, 11) is 1.54. The number of hydrogen-bond donors (Lipinski definition) is 1. The number of amides is 1. The highest BCUT2D eigenvalue weighted by atomic mass is 19.3.